The number of carbonyl (C=O) groups is 1. The highest BCUT2D eigenvalue weighted by atomic mass is 16.4. The highest BCUT2D eigenvalue weighted by Crippen LogP contribution is 2.22. The van der Waals surface area contributed by atoms with Gasteiger partial charge >= 0.3 is 5.97 Å². The van der Waals surface area contributed by atoms with Gasteiger partial charge in [-0.2, -0.15) is 0 Å². The van der Waals surface area contributed by atoms with Crippen LogP contribution in [0.2, 0.25) is 0 Å². The number of carboxylic acids is 1. The number of hydrogen-bond donors (Lipinski definition) is 2. The molecule has 0 aliphatic carbocycles. The maximum Gasteiger partial charge on any atom is 0.336 e. The molecule has 3 nitrogen and oxygen atoms in total. The van der Waals surface area contributed by atoms with Crippen LogP contribution in [0, 0.1) is 13.8 Å². The Morgan fingerprint density at radius 3 is 2.62 bits per heavy atom. The fraction of sp³-hybridized carbons (Fsp3) is 0.462. The van der Waals surface area contributed by atoms with E-state index in [0.717, 1.165) is 36.2 Å². The van der Waals surface area contributed by atoms with Crippen LogP contribution in [-0.2, 0) is 0 Å². The Balaban J connectivity index is 2.95. The molecule has 0 atom stereocenters. The molecule has 0 aliphatic rings. The van der Waals surface area contributed by atoms with Gasteiger partial charge in [0, 0.05) is 12.2 Å². The van der Waals surface area contributed by atoms with E-state index in [1.165, 1.54) is 0 Å². The molecule has 16 heavy (non-hydrogen) atoms. The molecular formula is C13H19NO2. The van der Waals surface area contributed by atoms with Gasteiger partial charge in [0.25, 0.3) is 0 Å². The lowest BCUT2D eigenvalue weighted by atomic mass is 10.0. The van der Waals surface area contributed by atoms with Crippen LogP contribution in [0.25, 0.3) is 0 Å². The lowest BCUT2D eigenvalue weighted by molar-refractivity contribution is 0.0695. The standard InChI is InChI=1S/C13H19NO2/c1-4-5-8-14-11-7-6-9(2)12(10(11)3)13(15)16/h6-7,14H,4-5,8H2,1-3H3,(H,15,16). The van der Waals surface area contributed by atoms with E-state index < -0.39 is 5.97 Å². The zero-order valence-corrected chi connectivity index (χ0v) is 10.1. The van der Waals surface area contributed by atoms with Crippen LogP contribution in [0.1, 0.15) is 41.3 Å². The van der Waals surface area contributed by atoms with Crippen molar-refractivity contribution in [2.75, 3.05) is 11.9 Å². The minimum atomic E-state index is -0.853. The SMILES string of the molecule is CCCCNc1ccc(C)c(C(=O)O)c1C. The van der Waals surface area contributed by atoms with Gasteiger partial charge < -0.3 is 10.4 Å². The topological polar surface area (TPSA) is 49.3 Å². The second-order valence-electron chi connectivity index (χ2n) is 4.02. The molecule has 1 rings (SSSR count). The van der Waals surface area contributed by atoms with Crippen LogP contribution >= 0.6 is 0 Å². The van der Waals surface area contributed by atoms with Crippen molar-refractivity contribution in [1.82, 2.24) is 0 Å². The molecule has 1 aromatic rings. The van der Waals surface area contributed by atoms with Crippen LogP contribution < -0.4 is 5.32 Å². The van der Waals surface area contributed by atoms with Crippen LogP contribution in [0.3, 0.4) is 0 Å². The molecule has 3 heteroatoms. The number of aryl methyl sites for hydroxylation is 1. The van der Waals surface area contributed by atoms with Gasteiger partial charge in [-0.1, -0.05) is 19.4 Å². The molecule has 0 heterocycles. The summed E-state index contributed by atoms with van der Waals surface area (Å²) >= 11 is 0. The van der Waals surface area contributed by atoms with Crippen LogP contribution in [0.4, 0.5) is 5.69 Å². The molecule has 88 valence electrons. The summed E-state index contributed by atoms with van der Waals surface area (Å²) < 4.78 is 0. The summed E-state index contributed by atoms with van der Waals surface area (Å²) in [4.78, 5) is 11.1. The number of unbranched alkanes of at least 4 members (excludes halogenated alkanes) is 1. The number of rotatable bonds is 5. The quantitative estimate of drug-likeness (QED) is 0.750. The maximum absolute atomic E-state index is 11.1. The van der Waals surface area contributed by atoms with Crippen LogP contribution in [-0.4, -0.2) is 17.6 Å². The fourth-order valence-electron chi connectivity index (χ4n) is 1.77. The van der Waals surface area contributed by atoms with Gasteiger partial charge in [0.15, 0.2) is 0 Å². The summed E-state index contributed by atoms with van der Waals surface area (Å²) in [7, 11) is 0. The molecule has 0 fully saturated rings. The molecule has 0 aromatic heterocycles. The van der Waals surface area contributed by atoms with Gasteiger partial charge in [0.2, 0.25) is 0 Å². The Morgan fingerprint density at radius 2 is 2.06 bits per heavy atom. The summed E-state index contributed by atoms with van der Waals surface area (Å²) in [5.74, 6) is -0.853. The van der Waals surface area contributed by atoms with Crippen molar-refractivity contribution in [2.45, 2.75) is 33.6 Å². The summed E-state index contributed by atoms with van der Waals surface area (Å²) in [6.45, 7) is 6.70. The van der Waals surface area contributed by atoms with Crippen molar-refractivity contribution >= 4 is 11.7 Å². The monoisotopic (exact) mass is 221 g/mol. The number of anilines is 1. The third-order valence-corrected chi connectivity index (χ3v) is 2.73. The molecule has 0 radical (unpaired) electrons. The van der Waals surface area contributed by atoms with Gasteiger partial charge in [-0.15, -0.1) is 0 Å². The molecule has 0 aliphatic heterocycles. The molecule has 2 N–H and O–H groups in total. The lowest BCUT2D eigenvalue weighted by Crippen LogP contribution is -2.08. The molecule has 0 unspecified atom stereocenters. The van der Waals surface area contributed by atoms with Crippen molar-refractivity contribution in [3.63, 3.8) is 0 Å². The van der Waals surface area contributed by atoms with Gasteiger partial charge in [-0.25, -0.2) is 4.79 Å². The fourth-order valence-corrected chi connectivity index (χ4v) is 1.77. The van der Waals surface area contributed by atoms with E-state index in [9.17, 15) is 4.79 Å². The minimum absolute atomic E-state index is 0.418. The first-order chi connectivity index (χ1) is 7.57. The number of aromatic carboxylic acids is 1. The number of carboxylic acid groups (broad SMARTS) is 1. The largest absolute Gasteiger partial charge is 0.478 e. The van der Waals surface area contributed by atoms with E-state index in [1.54, 1.807) is 0 Å². The summed E-state index contributed by atoms with van der Waals surface area (Å²) in [6.07, 6.45) is 2.22. The number of nitrogens with one attached hydrogen (secondary N) is 1. The molecule has 0 saturated carbocycles. The zero-order chi connectivity index (χ0) is 12.1. The van der Waals surface area contributed by atoms with Crippen LogP contribution in [0.15, 0.2) is 12.1 Å². The highest BCUT2D eigenvalue weighted by Gasteiger charge is 2.13. The zero-order valence-electron chi connectivity index (χ0n) is 10.1. The Kier molecular flexibility index (Phi) is 4.35. The number of hydrogen-bond acceptors (Lipinski definition) is 2. The van der Waals surface area contributed by atoms with Gasteiger partial charge in [0.05, 0.1) is 5.56 Å². The second-order valence-corrected chi connectivity index (χ2v) is 4.02. The normalized spacial score (nSPS) is 10.2. The third-order valence-electron chi connectivity index (χ3n) is 2.73. The van der Waals surface area contributed by atoms with Crippen LogP contribution in [0.5, 0.6) is 0 Å². The highest BCUT2D eigenvalue weighted by molar-refractivity contribution is 5.92. The second kappa shape index (κ2) is 5.54. The van der Waals surface area contributed by atoms with Crippen molar-refractivity contribution in [1.29, 1.82) is 0 Å². The predicted molar refractivity (Wildman–Crippen MR) is 66.3 cm³/mol. The Labute approximate surface area is 96.5 Å². The van der Waals surface area contributed by atoms with Crippen molar-refractivity contribution < 1.29 is 9.90 Å². The van der Waals surface area contributed by atoms with Crippen molar-refractivity contribution in [2.24, 2.45) is 0 Å². The molecular weight excluding hydrogens is 202 g/mol. The van der Waals surface area contributed by atoms with E-state index in [0.29, 0.717) is 5.56 Å². The first kappa shape index (κ1) is 12.6. The first-order valence-electron chi connectivity index (χ1n) is 5.65. The summed E-state index contributed by atoms with van der Waals surface area (Å²) in [6, 6.07) is 3.80. The van der Waals surface area contributed by atoms with E-state index in [1.807, 2.05) is 26.0 Å². The summed E-state index contributed by atoms with van der Waals surface area (Å²) in [5.41, 5.74) is 2.98. The van der Waals surface area contributed by atoms with Gasteiger partial charge in [-0.05, 0) is 37.5 Å². The Bertz CT molecular complexity index is 386. The molecule has 0 saturated heterocycles. The molecule has 0 bridgehead atoms. The van der Waals surface area contributed by atoms with Crippen molar-refractivity contribution in [3.8, 4) is 0 Å². The molecule has 1 aromatic carbocycles. The summed E-state index contributed by atoms with van der Waals surface area (Å²) in [5, 5.41) is 12.4. The van der Waals surface area contributed by atoms with E-state index in [4.69, 9.17) is 5.11 Å². The van der Waals surface area contributed by atoms with Gasteiger partial charge in [-0.3, -0.25) is 0 Å². The number of benzene rings is 1. The van der Waals surface area contributed by atoms with Crippen molar-refractivity contribution in [3.05, 3.63) is 28.8 Å². The average Bonchev–Trinajstić information content (AvgIpc) is 2.21. The lowest BCUT2D eigenvalue weighted by Gasteiger charge is -2.13. The van der Waals surface area contributed by atoms with Gasteiger partial charge in [0.1, 0.15) is 0 Å². The van der Waals surface area contributed by atoms with E-state index in [2.05, 4.69) is 12.2 Å². The van der Waals surface area contributed by atoms with E-state index in [-0.39, 0.29) is 0 Å². The molecule has 0 spiro atoms. The van der Waals surface area contributed by atoms with E-state index >= 15 is 0 Å². The first-order valence-corrected chi connectivity index (χ1v) is 5.65. The maximum atomic E-state index is 11.1. The predicted octanol–water partition coefficient (Wildman–Crippen LogP) is 3.21. The Hall–Kier alpha value is -1.51. The Morgan fingerprint density at radius 1 is 1.38 bits per heavy atom. The molecule has 0 amide bonds. The minimum Gasteiger partial charge on any atom is -0.478 e. The average molecular weight is 221 g/mol. The third kappa shape index (κ3) is 2.75. The smallest absolute Gasteiger partial charge is 0.336 e.